The fourth-order valence-corrected chi connectivity index (χ4v) is 4.07. The maximum Gasteiger partial charge on any atom is 0.180 e. The van der Waals surface area contributed by atoms with Gasteiger partial charge in [-0.1, -0.05) is 70.1 Å². The number of nitrogens with one attached hydrogen (secondary N) is 1. The van der Waals surface area contributed by atoms with E-state index >= 15 is 0 Å². The lowest BCUT2D eigenvalue weighted by Crippen LogP contribution is -2.07. The van der Waals surface area contributed by atoms with Crippen LogP contribution in [0.4, 0.5) is 0 Å². The van der Waals surface area contributed by atoms with Crippen molar-refractivity contribution >= 4 is 64.2 Å². The Morgan fingerprint density at radius 1 is 0.875 bits per heavy atom. The molecule has 0 unspecified atom stereocenters. The molecule has 3 aromatic carbocycles. The van der Waals surface area contributed by atoms with Crippen molar-refractivity contribution in [3.63, 3.8) is 0 Å². The van der Waals surface area contributed by atoms with Crippen molar-refractivity contribution in [1.82, 2.24) is 5.43 Å². The molecule has 168 valence electrons. The fraction of sp³-hybridized carbons (Fsp3) is 0.174. The fourth-order valence-electron chi connectivity index (χ4n) is 2.80. The topological polar surface area (TPSA) is 42.8 Å². The van der Waals surface area contributed by atoms with Crippen molar-refractivity contribution in [3.05, 3.63) is 90.3 Å². The second-order valence-electron chi connectivity index (χ2n) is 6.58. The molecule has 0 aromatic heterocycles. The van der Waals surface area contributed by atoms with Crippen molar-refractivity contribution in [1.29, 1.82) is 0 Å². The molecule has 0 aliphatic carbocycles. The smallest absolute Gasteiger partial charge is 0.180 e. The molecule has 0 saturated heterocycles. The van der Waals surface area contributed by atoms with Gasteiger partial charge >= 0.3 is 0 Å². The SMILES string of the molecule is CCOc1cc(/C=N\NCc2c(Cl)cccc2Cl)cc(Cl)c1OCc1ccc(Cl)cc1Cl. The third kappa shape index (κ3) is 6.60. The van der Waals surface area contributed by atoms with Gasteiger partial charge in [0.05, 0.1) is 24.4 Å². The van der Waals surface area contributed by atoms with Gasteiger partial charge in [0.1, 0.15) is 6.61 Å². The number of benzene rings is 3. The number of ether oxygens (including phenoxy) is 2. The molecule has 0 aliphatic rings. The zero-order valence-electron chi connectivity index (χ0n) is 17.0. The van der Waals surface area contributed by atoms with E-state index in [1.165, 1.54) is 0 Å². The summed E-state index contributed by atoms with van der Waals surface area (Å²) in [7, 11) is 0. The first-order valence-electron chi connectivity index (χ1n) is 9.61. The van der Waals surface area contributed by atoms with Crippen LogP contribution < -0.4 is 14.9 Å². The zero-order valence-corrected chi connectivity index (χ0v) is 20.8. The zero-order chi connectivity index (χ0) is 23.1. The monoisotopic (exact) mass is 530 g/mol. The highest BCUT2D eigenvalue weighted by Crippen LogP contribution is 2.37. The lowest BCUT2D eigenvalue weighted by atomic mass is 10.2. The van der Waals surface area contributed by atoms with E-state index in [-0.39, 0.29) is 6.61 Å². The van der Waals surface area contributed by atoms with E-state index in [9.17, 15) is 0 Å². The van der Waals surface area contributed by atoms with E-state index in [0.717, 1.165) is 16.7 Å². The molecule has 0 saturated carbocycles. The van der Waals surface area contributed by atoms with E-state index in [1.54, 1.807) is 54.7 Å². The summed E-state index contributed by atoms with van der Waals surface area (Å²) in [6, 6.07) is 14.1. The normalized spacial score (nSPS) is 11.1. The molecule has 4 nitrogen and oxygen atoms in total. The minimum atomic E-state index is 0.212. The number of rotatable bonds is 9. The molecule has 0 spiro atoms. The maximum absolute atomic E-state index is 6.48. The first-order valence-corrected chi connectivity index (χ1v) is 11.5. The third-order valence-electron chi connectivity index (χ3n) is 4.34. The molecule has 3 aromatic rings. The van der Waals surface area contributed by atoms with Gasteiger partial charge < -0.3 is 14.9 Å². The summed E-state index contributed by atoms with van der Waals surface area (Å²) in [6.45, 7) is 2.91. The summed E-state index contributed by atoms with van der Waals surface area (Å²) >= 11 is 31.0. The van der Waals surface area contributed by atoms with Crippen LogP contribution in [0.5, 0.6) is 11.5 Å². The van der Waals surface area contributed by atoms with Gasteiger partial charge in [0.2, 0.25) is 0 Å². The third-order valence-corrected chi connectivity index (χ3v) is 5.92. The number of hydrogen-bond donors (Lipinski definition) is 1. The Bertz CT molecular complexity index is 1100. The molecule has 0 fully saturated rings. The minimum absolute atomic E-state index is 0.212. The van der Waals surface area contributed by atoms with Gasteiger partial charge in [-0.25, -0.2) is 0 Å². The molecule has 3 rings (SSSR count). The molecule has 9 heteroatoms. The molecular weight excluding hydrogens is 514 g/mol. The van der Waals surface area contributed by atoms with Crippen molar-refractivity contribution in [2.24, 2.45) is 5.10 Å². The molecule has 0 heterocycles. The molecule has 0 radical (unpaired) electrons. The van der Waals surface area contributed by atoms with Gasteiger partial charge in [-0.15, -0.1) is 0 Å². The molecule has 0 atom stereocenters. The van der Waals surface area contributed by atoms with Crippen LogP contribution in [0, 0.1) is 0 Å². The average molecular weight is 533 g/mol. The Balaban J connectivity index is 1.72. The highest BCUT2D eigenvalue weighted by molar-refractivity contribution is 6.36. The second kappa shape index (κ2) is 11.9. The van der Waals surface area contributed by atoms with Crippen molar-refractivity contribution in [2.45, 2.75) is 20.1 Å². The highest BCUT2D eigenvalue weighted by Gasteiger charge is 2.13. The van der Waals surface area contributed by atoms with E-state index in [1.807, 2.05) is 6.92 Å². The standard InChI is InChI=1S/C23H19Cl5N2O2/c1-2-31-22-9-14(11-29-30-12-17-18(25)4-3-5-19(17)26)8-21(28)23(22)32-13-15-6-7-16(24)10-20(15)27/h3-11,30H,2,12-13H2,1H3/b29-11-. The van der Waals surface area contributed by atoms with E-state index in [2.05, 4.69) is 10.5 Å². The summed E-state index contributed by atoms with van der Waals surface area (Å²) in [5.41, 5.74) is 5.21. The maximum atomic E-state index is 6.48. The van der Waals surface area contributed by atoms with Gasteiger partial charge in [0.25, 0.3) is 0 Å². The second-order valence-corrected chi connectivity index (χ2v) is 8.65. The predicted octanol–water partition coefficient (Wildman–Crippen LogP) is 8.06. The number of halogens is 5. The predicted molar refractivity (Wildman–Crippen MR) is 134 cm³/mol. The van der Waals surface area contributed by atoms with Gasteiger partial charge in [0.15, 0.2) is 11.5 Å². The summed E-state index contributed by atoms with van der Waals surface area (Å²) in [5, 5.41) is 6.83. The van der Waals surface area contributed by atoms with Crippen molar-refractivity contribution < 1.29 is 9.47 Å². The number of hydrogen-bond acceptors (Lipinski definition) is 4. The molecule has 32 heavy (non-hydrogen) atoms. The number of nitrogens with zero attached hydrogens (tertiary/aromatic N) is 1. The summed E-state index contributed by atoms with van der Waals surface area (Å²) in [6.07, 6.45) is 1.62. The van der Waals surface area contributed by atoms with Gasteiger partial charge in [0, 0.05) is 31.2 Å². The Labute approximate surface area is 212 Å². The van der Waals surface area contributed by atoms with E-state index in [4.69, 9.17) is 67.5 Å². The lowest BCUT2D eigenvalue weighted by molar-refractivity contribution is 0.269. The molecule has 0 bridgehead atoms. The van der Waals surface area contributed by atoms with E-state index in [0.29, 0.717) is 49.8 Å². The van der Waals surface area contributed by atoms with Crippen LogP contribution in [0.15, 0.2) is 53.6 Å². The Hall–Kier alpha value is -1.82. The van der Waals surface area contributed by atoms with Crippen molar-refractivity contribution in [3.8, 4) is 11.5 Å². The van der Waals surface area contributed by atoms with Gasteiger partial charge in [-0.2, -0.15) is 5.10 Å². The highest BCUT2D eigenvalue weighted by atomic mass is 35.5. The lowest BCUT2D eigenvalue weighted by Gasteiger charge is -2.15. The van der Waals surface area contributed by atoms with Crippen molar-refractivity contribution in [2.75, 3.05) is 6.61 Å². The molecule has 0 aliphatic heterocycles. The van der Waals surface area contributed by atoms with Crippen LogP contribution in [-0.2, 0) is 13.2 Å². The minimum Gasteiger partial charge on any atom is -0.490 e. The summed E-state index contributed by atoms with van der Waals surface area (Å²) in [5.74, 6) is 0.924. The number of hydrazone groups is 1. The van der Waals surface area contributed by atoms with Crippen LogP contribution in [-0.4, -0.2) is 12.8 Å². The van der Waals surface area contributed by atoms with Crippen LogP contribution in [0.1, 0.15) is 23.6 Å². The van der Waals surface area contributed by atoms with E-state index < -0.39 is 0 Å². The molecular formula is C23H19Cl5N2O2. The van der Waals surface area contributed by atoms with Crippen LogP contribution >= 0.6 is 58.0 Å². The van der Waals surface area contributed by atoms with Crippen LogP contribution in [0.3, 0.4) is 0 Å². The Morgan fingerprint density at radius 3 is 2.31 bits per heavy atom. The van der Waals surface area contributed by atoms with Crippen LogP contribution in [0.2, 0.25) is 25.1 Å². The summed E-state index contributed by atoms with van der Waals surface area (Å²) in [4.78, 5) is 0. The van der Waals surface area contributed by atoms with Gasteiger partial charge in [-0.3, -0.25) is 0 Å². The first kappa shape index (κ1) is 24.8. The van der Waals surface area contributed by atoms with Gasteiger partial charge in [-0.05, 0) is 48.9 Å². The Kier molecular flexibility index (Phi) is 9.21. The molecule has 0 amide bonds. The Morgan fingerprint density at radius 2 is 1.62 bits per heavy atom. The quantitative estimate of drug-likeness (QED) is 0.224. The largest absolute Gasteiger partial charge is 0.490 e. The molecule has 1 N–H and O–H groups in total. The van der Waals surface area contributed by atoms with Crippen LogP contribution in [0.25, 0.3) is 0 Å². The first-order chi connectivity index (χ1) is 15.4. The summed E-state index contributed by atoms with van der Waals surface area (Å²) < 4.78 is 11.6. The average Bonchev–Trinajstić information content (AvgIpc) is 2.74.